The molecule has 1 aromatic heterocycles. The second kappa shape index (κ2) is 11.1. The van der Waals surface area contributed by atoms with E-state index in [2.05, 4.69) is 20.9 Å². The monoisotopic (exact) mass is 558 g/mol. The number of thioether (sulfide) groups is 1. The highest BCUT2D eigenvalue weighted by molar-refractivity contribution is 9.10. The Kier molecular flexibility index (Phi) is 7.97. The zero-order valence-corrected chi connectivity index (χ0v) is 22.1. The van der Waals surface area contributed by atoms with E-state index in [9.17, 15) is 4.79 Å². The van der Waals surface area contributed by atoms with Crippen LogP contribution in [-0.2, 0) is 11.3 Å². The largest absolute Gasteiger partial charge is 0.493 e. The smallest absolute Gasteiger partial charge is 0.237 e. The van der Waals surface area contributed by atoms with Gasteiger partial charge in [0.2, 0.25) is 11.7 Å². The number of aromatic nitrogens is 1. The number of carbonyl (C=O) groups excluding carboxylic acids is 1. The standard InChI is InChI=1S/C25H23BrN2O4S2/c1-30-20-12-18(13-21(31-2)24(20)32-3)28(14-16-8-10-17(26)11-9-16)23(29)15-33-25-27-19-6-4-5-7-22(19)34-25/h4-13H,14-15H2,1-3H3. The van der Waals surface area contributed by atoms with E-state index < -0.39 is 0 Å². The number of amides is 1. The molecule has 9 heteroatoms. The van der Waals surface area contributed by atoms with Crippen LogP contribution < -0.4 is 19.1 Å². The minimum atomic E-state index is -0.0542. The molecular weight excluding hydrogens is 536 g/mol. The molecule has 6 nitrogen and oxygen atoms in total. The number of thiazole rings is 1. The Balaban J connectivity index is 1.64. The Morgan fingerprint density at radius 3 is 2.29 bits per heavy atom. The van der Waals surface area contributed by atoms with Crippen LogP contribution in [0.25, 0.3) is 10.2 Å². The van der Waals surface area contributed by atoms with Crippen LogP contribution in [0.3, 0.4) is 0 Å². The number of hydrogen-bond donors (Lipinski definition) is 0. The molecule has 4 aromatic rings. The van der Waals surface area contributed by atoms with E-state index in [1.165, 1.54) is 11.8 Å². The predicted molar refractivity (Wildman–Crippen MR) is 142 cm³/mol. The first-order chi connectivity index (χ1) is 16.5. The molecule has 0 spiro atoms. The molecule has 0 N–H and O–H groups in total. The second-order valence-electron chi connectivity index (χ2n) is 7.23. The van der Waals surface area contributed by atoms with Crippen molar-refractivity contribution in [3.8, 4) is 17.2 Å². The Labute approximate surface area is 215 Å². The lowest BCUT2D eigenvalue weighted by Crippen LogP contribution is -2.32. The third kappa shape index (κ3) is 5.48. The summed E-state index contributed by atoms with van der Waals surface area (Å²) in [6, 6.07) is 19.5. The number of para-hydroxylation sites is 1. The lowest BCUT2D eigenvalue weighted by molar-refractivity contribution is -0.116. The number of methoxy groups -OCH3 is 3. The van der Waals surface area contributed by atoms with Crippen molar-refractivity contribution in [2.45, 2.75) is 10.9 Å². The van der Waals surface area contributed by atoms with Gasteiger partial charge in [0.25, 0.3) is 0 Å². The van der Waals surface area contributed by atoms with Crippen molar-refractivity contribution in [2.24, 2.45) is 0 Å². The van der Waals surface area contributed by atoms with Crippen molar-refractivity contribution in [3.63, 3.8) is 0 Å². The van der Waals surface area contributed by atoms with Gasteiger partial charge in [-0.25, -0.2) is 4.98 Å². The fraction of sp³-hybridized carbons (Fsp3) is 0.200. The molecule has 4 rings (SSSR count). The Bertz CT molecular complexity index is 1240. The van der Waals surface area contributed by atoms with Crippen LogP contribution in [0.2, 0.25) is 0 Å². The van der Waals surface area contributed by atoms with Crippen LogP contribution in [-0.4, -0.2) is 38.0 Å². The van der Waals surface area contributed by atoms with Gasteiger partial charge in [-0.05, 0) is 29.8 Å². The highest BCUT2D eigenvalue weighted by Gasteiger charge is 2.22. The summed E-state index contributed by atoms with van der Waals surface area (Å²) in [6.07, 6.45) is 0. The summed E-state index contributed by atoms with van der Waals surface area (Å²) < 4.78 is 19.4. The molecule has 0 fully saturated rings. The summed E-state index contributed by atoms with van der Waals surface area (Å²) in [4.78, 5) is 19.9. The van der Waals surface area contributed by atoms with Crippen LogP contribution in [0.4, 0.5) is 5.69 Å². The number of nitrogens with zero attached hydrogens (tertiary/aromatic N) is 2. The van der Waals surface area contributed by atoms with Gasteiger partial charge in [0.05, 0.1) is 49.5 Å². The van der Waals surface area contributed by atoms with Crippen molar-refractivity contribution in [1.29, 1.82) is 0 Å². The van der Waals surface area contributed by atoms with Crippen LogP contribution in [0.15, 0.2) is 69.5 Å². The van der Waals surface area contributed by atoms with Gasteiger partial charge in [0, 0.05) is 16.6 Å². The molecular formula is C25H23BrN2O4S2. The van der Waals surface area contributed by atoms with Crippen molar-refractivity contribution in [2.75, 3.05) is 32.0 Å². The van der Waals surface area contributed by atoms with Gasteiger partial charge in [-0.2, -0.15) is 0 Å². The molecule has 0 bridgehead atoms. The van der Waals surface area contributed by atoms with Crippen molar-refractivity contribution in [1.82, 2.24) is 4.98 Å². The lowest BCUT2D eigenvalue weighted by Gasteiger charge is -2.25. The molecule has 0 saturated carbocycles. The number of hydrogen-bond acceptors (Lipinski definition) is 7. The number of ether oxygens (including phenoxy) is 3. The Morgan fingerprint density at radius 1 is 1.00 bits per heavy atom. The van der Waals surface area contributed by atoms with Crippen LogP contribution in [0.5, 0.6) is 17.2 Å². The van der Waals surface area contributed by atoms with Crippen LogP contribution in [0.1, 0.15) is 5.56 Å². The SMILES string of the molecule is COc1cc(N(Cc2ccc(Br)cc2)C(=O)CSc2nc3ccccc3s2)cc(OC)c1OC. The number of rotatable bonds is 9. The number of halogens is 1. The topological polar surface area (TPSA) is 60.9 Å². The van der Waals surface area contributed by atoms with Gasteiger partial charge in [0.15, 0.2) is 15.8 Å². The number of fused-ring (bicyclic) bond motifs is 1. The quantitative estimate of drug-likeness (QED) is 0.221. The summed E-state index contributed by atoms with van der Waals surface area (Å²) >= 11 is 6.50. The summed E-state index contributed by atoms with van der Waals surface area (Å²) in [6.45, 7) is 0.394. The lowest BCUT2D eigenvalue weighted by atomic mass is 10.1. The van der Waals surface area contributed by atoms with E-state index >= 15 is 0 Å². The fourth-order valence-electron chi connectivity index (χ4n) is 3.43. The molecule has 0 unspecified atom stereocenters. The van der Waals surface area contributed by atoms with Crippen LogP contribution >= 0.6 is 39.0 Å². The molecule has 0 aliphatic carbocycles. The van der Waals surface area contributed by atoms with E-state index in [-0.39, 0.29) is 11.7 Å². The van der Waals surface area contributed by atoms with Crippen molar-refractivity contribution >= 4 is 60.8 Å². The molecule has 0 saturated heterocycles. The minimum absolute atomic E-state index is 0.0542. The zero-order chi connectivity index (χ0) is 24.1. The summed E-state index contributed by atoms with van der Waals surface area (Å²) in [7, 11) is 4.68. The molecule has 0 aliphatic rings. The summed E-state index contributed by atoms with van der Waals surface area (Å²) in [5, 5.41) is 0. The van der Waals surface area contributed by atoms with Crippen molar-refractivity contribution in [3.05, 3.63) is 70.7 Å². The predicted octanol–water partition coefficient (Wildman–Crippen LogP) is 6.41. The van der Waals surface area contributed by atoms with E-state index in [1.807, 2.05) is 48.5 Å². The zero-order valence-electron chi connectivity index (χ0n) is 18.9. The first-order valence-corrected chi connectivity index (χ1v) is 12.9. The maximum atomic E-state index is 13.5. The van der Waals surface area contributed by atoms with E-state index in [0.29, 0.717) is 29.5 Å². The first kappa shape index (κ1) is 24.4. The molecule has 34 heavy (non-hydrogen) atoms. The summed E-state index contributed by atoms with van der Waals surface area (Å²) in [5.74, 6) is 1.65. The average Bonchev–Trinajstić information content (AvgIpc) is 3.29. The third-order valence-electron chi connectivity index (χ3n) is 5.11. The van der Waals surface area contributed by atoms with E-state index in [4.69, 9.17) is 14.2 Å². The maximum absolute atomic E-state index is 13.5. The van der Waals surface area contributed by atoms with Gasteiger partial charge in [-0.15, -0.1) is 11.3 Å². The Hall–Kier alpha value is -2.75. The second-order valence-corrected chi connectivity index (χ2v) is 10.4. The highest BCUT2D eigenvalue weighted by atomic mass is 79.9. The fourth-order valence-corrected chi connectivity index (χ4v) is 5.64. The third-order valence-corrected chi connectivity index (χ3v) is 7.80. The molecule has 1 amide bonds. The molecule has 0 atom stereocenters. The number of anilines is 1. The molecule has 0 radical (unpaired) electrons. The minimum Gasteiger partial charge on any atom is -0.493 e. The van der Waals surface area contributed by atoms with Gasteiger partial charge < -0.3 is 19.1 Å². The highest BCUT2D eigenvalue weighted by Crippen LogP contribution is 2.41. The van der Waals surface area contributed by atoms with Gasteiger partial charge in [-0.1, -0.05) is 52.0 Å². The van der Waals surface area contributed by atoms with Gasteiger partial charge in [-0.3, -0.25) is 4.79 Å². The first-order valence-electron chi connectivity index (χ1n) is 10.4. The van der Waals surface area contributed by atoms with Crippen LogP contribution in [0, 0.1) is 0 Å². The average molecular weight is 560 g/mol. The molecule has 176 valence electrons. The van der Waals surface area contributed by atoms with Gasteiger partial charge >= 0.3 is 0 Å². The molecule has 1 heterocycles. The normalized spacial score (nSPS) is 10.8. The maximum Gasteiger partial charge on any atom is 0.237 e. The van der Waals surface area contributed by atoms with E-state index in [1.54, 1.807) is 49.7 Å². The molecule has 0 aliphatic heterocycles. The van der Waals surface area contributed by atoms with Gasteiger partial charge in [0.1, 0.15) is 0 Å². The summed E-state index contributed by atoms with van der Waals surface area (Å²) in [5.41, 5.74) is 2.60. The van der Waals surface area contributed by atoms with Crippen molar-refractivity contribution < 1.29 is 19.0 Å². The number of carbonyl (C=O) groups is 1. The number of benzene rings is 3. The Morgan fingerprint density at radius 2 is 1.68 bits per heavy atom. The van der Waals surface area contributed by atoms with E-state index in [0.717, 1.165) is 24.6 Å². The molecule has 3 aromatic carbocycles.